The molecule has 1 aliphatic rings. The monoisotopic (exact) mass is 487 g/mol. The first kappa shape index (κ1) is 23.5. The third-order valence-corrected chi connectivity index (χ3v) is 8.76. The molecule has 1 aromatic heterocycles. The van der Waals surface area contributed by atoms with E-state index in [9.17, 15) is 8.42 Å². The Morgan fingerprint density at radius 2 is 1.70 bits per heavy atom. The maximum absolute atomic E-state index is 13.2. The fourth-order valence-corrected chi connectivity index (χ4v) is 6.27. The van der Waals surface area contributed by atoms with Crippen LogP contribution in [0.1, 0.15) is 22.4 Å². The second-order valence-electron chi connectivity index (χ2n) is 8.14. The van der Waals surface area contributed by atoms with Gasteiger partial charge in [0.25, 0.3) is 0 Å². The molecule has 2 aromatic carbocycles. The Balaban J connectivity index is 1.42. The van der Waals surface area contributed by atoms with Gasteiger partial charge in [-0.15, -0.1) is 11.3 Å². The topological polar surface area (TPSA) is 72.0 Å². The van der Waals surface area contributed by atoms with Crippen molar-refractivity contribution in [3.05, 3.63) is 64.2 Å². The van der Waals surface area contributed by atoms with E-state index in [2.05, 4.69) is 42.3 Å². The van der Waals surface area contributed by atoms with E-state index in [-0.39, 0.29) is 4.90 Å². The molecule has 0 radical (unpaired) electrons. The van der Waals surface area contributed by atoms with E-state index in [4.69, 9.17) is 14.5 Å². The van der Waals surface area contributed by atoms with Gasteiger partial charge in [0.15, 0.2) is 16.6 Å². The molecule has 0 aliphatic carbocycles. The lowest BCUT2D eigenvalue weighted by Gasteiger charge is -2.33. The minimum atomic E-state index is -3.62. The van der Waals surface area contributed by atoms with Crippen molar-refractivity contribution >= 4 is 26.5 Å². The molecule has 7 nitrogen and oxygen atoms in total. The number of nitrogens with zero attached hydrogens (tertiary/aromatic N) is 3. The molecule has 1 saturated heterocycles. The largest absolute Gasteiger partial charge is 0.493 e. The van der Waals surface area contributed by atoms with E-state index >= 15 is 0 Å². The zero-order chi connectivity index (χ0) is 23.6. The molecule has 4 rings (SSSR count). The van der Waals surface area contributed by atoms with Gasteiger partial charge in [-0.3, -0.25) is 0 Å². The van der Waals surface area contributed by atoms with Crippen LogP contribution in [0.15, 0.2) is 46.7 Å². The van der Waals surface area contributed by atoms with Crippen molar-refractivity contribution in [2.75, 3.05) is 45.3 Å². The first-order chi connectivity index (χ1) is 15.8. The molecule has 1 aliphatic heterocycles. The molecular weight excluding hydrogens is 458 g/mol. The van der Waals surface area contributed by atoms with E-state index in [1.807, 2.05) is 0 Å². The van der Waals surface area contributed by atoms with Gasteiger partial charge in [0.05, 0.1) is 24.8 Å². The molecule has 33 heavy (non-hydrogen) atoms. The summed E-state index contributed by atoms with van der Waals surface area (Å²) in [6, 6.07) is 11.2. The molecule has 0 amide bonds. The molecule has 176 valence electrons. The van der Waals surface area contributed by atoms with Crippen molar-refractivity contribution in [2.24, 2.45) is 0 Å². The summed E-state index contributed by atoms with van der Waals surface area (Å²) >= 11 is 1.62. The molecule has 9 heteroatoms. The summed E-state index contributed by atoms with van der Waals surface area (Å²) in [7, 11) is -0.595. The molecular formula is C24H29N3O4S2. The molecule has 0 N–H and O–H groups in total. The first-order valence-electron chi connectivity index (χ1n) is 10.8. The van der Waals surface area contributed by atoms with Crippen molar-refractivity contribution < 1.29 is 17.9 Å². The molecule has 0 bridgehead atoms. The van der Waals surface area contributed by atoms with E-state index in [1.54, 1.807) is 23.5 Å². The van der Waals surface area contributed by atoms with Gasteiger partial charge in [0.2, 0.25) is 10.0 Å². The Morgan fingerprint density at radius 3 is 2.39 bits per heavy atom. The van der Waals surface area contributed by atoms with Crippen LogP contribution in [0, 0.1) is 13.8 Å². The molecule has 0 atom stereocenters. The van der Waals surface area contributed by atoms with Crippen LogP contribution in [0.4, 0.5) is 5.13 Å². The summed E-state index contributed by atoms with van der Waals surface area (Å²) in [5.74, 6) is 0.901. The van der Waals surface area contributed by atoms with Gasteiger partial charge in [-0.1, -0.05) is 23.8 Å². The molecule has 3 aromatic rings. The minimum Gasteiger partial charge on any atom is -0.493 e. The number of ether oxygens (including phenoxy) is 2. The molecule has 0 unspecified atom stereocenters. The van der Waals surface area contributed by atoms with Gasteiger partial charge < -0.3 is 14.4 Å². The number of aryl methyl sites for hydroxylation is 2. The third kappa shape index (κ3) is 5.00. The van der Waals surface area contributed by atoms with Crippen molar-refractivity contribution in [3.8, 4) is 11.5 Å². The summed E-state index contributed by atoms with van der Waals surface area (Å²) in [6.07, 6.45) is 0.803. The highest BCUT2D eigenvalue weighted by molar-refractivity contribution is 7.89. The van der Waals surface area contributed by atoms with Gasteiger partial charge in [-0.25, -0.2) is 13.4 Å². The van der Waals surface area contributed by atoms with Crippen LogP contribution in [-0.4, -0.2) is 58.1 Å². The fourth-order valence-electron chi connectivity index (χ4n) is 3.95. The maximum atomic E-state index is 13.2. The van der Waals surface area contributed by atoms with Gasteiger partial charge in [0.1, 0.15) is 0 Å². The number of thiazole rings is 1. The third-order valence-electron chi connectivity index (χ3n) is 5.92. The molecule has 2 heterocycles. The fraction of sp³-hybridized carbons (Fsp3) is 0.375. The zero-order valence-electron chi connectivity index (χ0n) is 19.4. The normalized spacial score (nSPS) is 15.0. The number of rotatable bonds is 7. The highest BCUT2D eigenvalue weighted by Crippen LogP contribution is 2.31. The highest BCUT2D eigenvalue weighted by atomic mass is 32.2. The van der Waals surface area contributed by atoms with Crippen LogP contribution >= 0.6 is 11.3 Å². The number of methoxy groups -OCH3 is 2. The number of hydrogen-bond donors (Lipinski definition) is 0. The first-order valence-corrected chi connectivity index (χ1v) is 13.1. The van der Waals surface area contributed by atoms with Gasteiger partial charge in [-0.05, 0) is 37.1 Å². The number of hydrogen-bond acceptors (Lipinski definition) is 7. The quantitative estimate of drug-likeness (QED) is 0.504. The smallest absolute Gasteiger partial charge is 0.243 e. The summed E-state index contributed by atoms with van der Waals surface area (Å²) in [5.41, 5.74) is 4.85. The second-order valence-corrected chi connectivity index (χ2v) is 10.9. The Labute approximate surface area is 199 Å². The highest BCUT2D eigenvalue weighted by Gasteiger charge is 2.30. The Kier molecular flexibility index (Phi) is 6.92. The standard InChI is InChI=1S/C24H29N3O4S2/c1-17-5-6-18(2)19(13-17)14-20-16-32-24(25-20)26-9-11-27(12-10-26)33(28,29)21-7-8-22(30-3)23(15-21)31-4/h5-8,13,15-16H,9-12,14H2,1-4H3. The number of anilines is 1. The summed E-state index contributed by atoms with van der Waals surface area (Å²) in [4.78, 5) is 7.20. The molecule has 0 spiro atoms. The van der Waals surface area contributed by atoms with Crippen LogP contribution in [0.3, 0.4) is 0 Å². The second kappa shape index (κ2) is 9.70. The van der Waals surface area contributed by atoms with Crippen molar-refractivity contribution in [3.63, 3.8) is 0 Å². The average Bonchev–Trinajstić information content (AvgIpc) is 3.29. The number of aromatic nitrogens is 1. The van der Waals surface area contributed by atoms with Crippen LogP contribution in [0.2, 0.25) is 0 Å². The Bertz CT molecular complexity index is 1230. The summed E-state index contributed by atoms with van der Waals surface area (Å²) in [6.45, 7) is 6.24. The Morgan fingerprint density at radius 1 is 0.970 bits per heavy atom. The lowest BCUT2D eigenvalue weighted by atomic mass is 10.0. The van der Waals surface area contributed by atoms with E-state index in [0.717, 1.165) is 17.2 Å². The number of piperazine rings is 1. The molecule has 0 saturated carbocycles. The van der Waals surface area contributed by atoms with Crippen molar-refractivity contribution in [1.82, 2.24) is 9.29 Å². The van der Waals surface area contributed by atoms with Crippen molar-refractivity contribution in [1.29, 1.82) is 0 Å². The lowest BCUT2D eigenvalue weighted by Crippen LogP contribution is -2.48. The molecule has 1 fully saturated rings. The van der Waals surface area contributed by atoms with Gasteiger partial charge in [0, 0.05) is 44.0 Å². The van der Waals surface area contributed by atoms with E-state index in [0.29, 0.717) is 37.7 Å². The van der Waals surface area contributed by atoms with Crippen LogP contribution in [0.5, 0.6) is 11.5 Å². The average molecular weight is 488 g/mol. The summed E-state index contributed by atoms with van der Waals surface area (Å²) < 4.78 is 38.3. The zero-order valence-corrected chi connectivity index (χ0v) is 21.0. The summed E-state index contributed by atoms with van der Waals surface area (Å²) in [5, 5.41) is 3.04. The van der Waals surface area contributed by atoms with Crippen molar-refractivity contribution in [2.45, 2.75) is 25.2 Å². The van der Waals surface area contributed by atoms with E-state index in [1.165, 1.54) is 41.3 Å². The van der Waals surface area contributed by atoms with Crippen LogP contribution < -0.4 is 14.4 Å². The lowest BCUT2D eigenvalue weighted by molar-refractivity contribution is 0.353. The Hall–Kier alpha value is -2.62. The minimum absolute atomic E-state index is 0.207. The number of sulfonamides is 1. The van der Waals surface area contributed by atoms with Gasteiger partial charge in [-0.2, -0.15) is 4.31 Å². The van der Waals surface area contributed by atoms with Crippen LogP contribution in [-0.2, 0) is 16.4 Å². The maximum Gasteiger partial charge on any atom is 0.243 e. The SMILES string of the molecule is COc1ccc(S(=O)(=O)N2CCN(c3nc(Cc4cc(C)ccc4C)cs3)CC2)cc1OC. The predicted octanol–water partition coefficient (Wildman–Crippen LogP) is 3.88. The van der Waals surface area contributed by atoms with E-state index < -0.39 is 10.0 Å². The van der Waals surface area contributed by atoms with Crippen LogP contribution in [0.25, 0.3) is 0 Å². The van der Waals surface area contributed by atoms with Gasteiger partial charge >= 0.3 is 0 Å². The predicted molar refractivity (Wildman–Crippen MR) is 131 cm³/mol. The number of benzene rings is 2.